The largest absolute Gasteiger partial charge is 0.359 e. The van der Waals surface area contributed by atoms with Crippen LogP contribution in [0.3, 0.4) is 0 Å². The minimum Gasteiger partial charge on any atom is -0.359 e. The molecule has 2 heterocycles. The van der Waals surface area contributed by atoms with Gasteiger partial charge in [0.1, 0.15) is 5.82 Å². The minimum absolute atomic E-state index is 0.551. The molecule has 1 fully saturated rings. The van der Waals surface area contributed by atoms with Crippen molar-refractivity contribution in [2.45, 2.75) is 12.3 Å². The van der Waals surface area contributed by atoms with Gasteiger partial charge in [-0.05, 0) is 43.6 Å². The Morgan fingerprint density at radius 2 is 2.41 bits per heavy atom. The van der Waals surface area contributed by atoms with Crippen molar-refractivity contribution in [3.05, 3.63) is 23.9 Å². The number of alkyl halides is 1. The number of pyridine rings is 1. The number of anilines is 1. The van der Waals surface area contributed by atoms with Gasteiger partial charge in [-0.3, -0.25) is 0 Å². The maximum atomic E-state index is 5.84. The number of rotatable bonds is 4. The van der Waals surface area contributed by atoms with E-state index in [-0.39, 0.29) is 0 Å². The molecule has 0 aromatic carbocycles. The quantitative estimate of drug-likeness (QED) is 0.767. The van der Waals surface area contributed by atoms with E-state index < -0.39 is 0 Å². The molecule has 0 amide bonds. The Morgan fingerprint density at radius 3 is 3.06 bits per heavy atom. The minimum atomic E-state index is 0.551. The number of hydrogen-bond acceptors (Lipinski definition) is 3. The van der Waals surface area contributed by atoms with Crippen LogP contribution in [0.2, 0.25) is 0 Å². The summed E-state index contributed by atoms with van der Waals surface area (Å²) in [5.74, 6) is 2.33. The normalized spacial score (nSPS) is 20.8. The van der Waals surface area contributed by atoms with Crippen LogP contribution in [0.4, 0.5) is 5.82 Å². The third kappa shape index (κ3) is 3.33. The van der Waals surface area contributed by atoms with Crippen LogP contribution in [0.25, 0.3) is 0 Å². The molecular weight excluding hydrogens is 234 g/mol. The molecule has 4 heteroatoms. The molecular formula is C13H20ClN3. The van der Waals surface area contributed by atoms with Crippen LogP contribution in [0.15, 0.2) is 18.3 Å². The topological polar surface area (TPSA) is 19.4 Å². The molecule has 2 rings (SSSR count). The van der Waals surface area contributed by atoms with E-state index in [4.69, 9.17) is 11.6 Å². The smallest absolute Gasteiger partial charge is 0.128 e. The molecule has 1 saturated heterocycles. The lowest BCUT2D eigenvalue weighted by Crippen LogP contribution is -2.27. The molecule has 1 atom stereocenters. The second kappa shape index (κ2) is 5.69. The molecule has 0 aliphatic carbocycles. The summed E-state index contributed by atoms with van der Waals surface area (Å²) in [6.07, 6.45) is 3.13. The van der Waals surface area contributed by atoms with Gasteiger partial charge in [-0.2, -0.15) is 0 Å². The molecule has 94 valence electrons. The summed E-state index contributed by atoms with van der Waals surface area (Å²) in [5.41, 5.74) is 1.13. The Hall–Kier alpha value is -0.800. The first-order valence-electron chi connectivity index (χ1n) is 6.09. The average Bonchev–Trinajstić information content (AvgIpc) is 2.75. The zero-order chi connectivity index (χ0) is 12.3. The number of aromatic nitrogens is 1. The van der Waals surface area contributed by atoms with Crippen molar-refractivity contribution >= 4 is 17.4 Å². The lowest BCUT2D eigenvalue weighted by atomic mass is 10.1. The highest BCUT2D eigenvalue weighted by Crippen LogP contribution is 2.19. The molecule has 1 aliphatic heterocycles. The Kier molecular flexibility index (Phi) is 4.24. The molecule has 1 aromatic rings. The molecule has 17 heavy (non-hydrogen) atoms. The Morgan fingerprint density at radius 1 is 1.59 bits per heavy atom. The maximum absolute atomic E-state index is 5.84. The fourth-order valence-electron chi connectivity index (χ4n) is 2.41. The van der Waals surface area contributed by atoms with Crippen LogP contribution in [0.5, 0.6) is 0 Å². The number of hydrogen-bond donors (Lipinski definition) is 0. The summed E-state index contributed by atoms with van der Waals surface area (Å²) in [6.45, 7) is 3.48. The summed E-state index contributed by atoms with van der Waals surface area (Å²) in [4.78, 5) is 9.03. The van der Waals surface area contributed by atoms with Gasteiger partial charge in [0.05, 0.1) is 0 Å². The highest BCUT2D eigenvalue weighted by Gasteiger charge is 2.21. The number of nitrogens with zero attached hydrogens (tertiary/aromatic N) is 3. The van der Waals surface area contributed by atoms with Gasteiger partial charge in [0, 0.05) is 32.2 Å². The first-order valence-corrected chi connectivity index (χ1v) is 6.63. The van der Waals surface area contributed by atoms with Gasteiger partial charge in [0.2, 0.25) is 0 Å². The highest BCUT2D eigenvalue weighted by atomic mass is 35.5. The molecule has 0 saturated carbocycles. The van der Waals surface area contributed by atoms with Crippen LogP contribution in [-0.4, -0.2) is 43.6 Å². The van der Waals surface area contributed by atoms with E-state index in [1.54, 1.807) is 0 Å². The fourth-order valence-corrected chi connectivity index (χ4v) is 2.57. The number of halogens is 1. The van der Waals surface area contributed by atoms with Crippen LogP contribution in [0.1, 0.15) is 12.0 Å². The van der Waals surface area contributed by atoms with Gasteiger partial charge in [-0.1, -0.05) is 0 Å². The highest BCUT2D eigenvalue weighted by molar-refractivity contribution is 6.17. The molecule has 0 radical (unpaired) electrons. The van der Waals surface area contributed by atoms with Crippen molar-refractivity contribution in [1.29, 1.82) is 0 Å². The molecule has 1 aliphatic rings. The van der Waals surface area contributed by atoms with E-state index in [1.807, 2.05) is 12.3 Å². The van der Waals surface area contributed by atoms with Gasteiger partial charge >= 0.3 is 0 Å². The summed E-state index contributed by atoms with van der Waals surface area (Å²) in [5, 5.41) is 0. The Bertz CT molecular complexity index is 369. The van der Waals surface area contributed by atoms with Gasteiger partial charge in [-0.25, -0.2) is 4.98 Å². The van der Waals surface area contributed by atoms with Gasteiger partial charge in [-0.15, -0.1) is 11.6 Å². The third-order valence-electron chi connectivity index (χ3n) is 3.38. The summed E-state index contributed by atoms with van der Waals surface area (Å²) >= 11 is 5.84. The second-order valence-electron chi connectivity index (χ2n) is 4.95. The van der Waals surface area contributed by atoms with Gasteiger partial charge < -0.3 is 9.80 Å². The van der Waals surface area contributed by atoms with E-state index >= 15 is 0 Å². The zero-order valence-electron chi connectivity index (χ0n) is 10.6. The molecule has 0 spiro atoms. The first kappa shape index (κ1) is 12.7. The molecule has 3 nitrogen and oxygen atoms in total. The number of likely N-dealkylation sites (tertiary alicyclic amines) is 1. The van der Waals surface area contributed by atoms with Crippen molar-refractivity contribution in [2.24, 2.45) is 5.92 Å². The summed E-state index contributed by atoms with van der Waals surface area (Å²) < 4.78 is 0. The second-order valence-corrected chi connectivity index (χ2v) is 5.22. The van der Waals surface area contributed by atoms with Crippen LogP contribution < -0.4 is 4.90 Å². The predicted molar refractivity (Wildman–Crippen MR) is 72.7 cm³/mol. The Labute approximate surface area is 108 Å². The van der Waals surface area contributed by atoms with Gasteiger partial charge in [0.15, 0.2) is 0 Å². The lowest BCUT2D eigenvalue weighted by Gasteiger charge is -2.22. The average molecular weight is 254 g/mol. The first-order chi connectivity index (χ1) is 8.19. The van der Waals surface area contributed by atoms with Crippen LogP contribution in [-0.2, 0) is 5.88 Å². The fraction of sp³-hybridized carbons (Fsp3) is 0.615. The molecule has 1 unspecified atom stereocenters. The molecule has 0 bridgehead atoms. The summed E-state index contributed by atoms with van der Waals surface area (Å²) in [6, 6.07) is 4.04. The lowest BCUT2D eigenvalue weighted by molar-refractivity contribution is 0.395. The monoisotopic (exact) mass is 253 g/mol. The van der Waals surface area contributed by atoms with Gasteiger partial charge in [0.25, 0.3) is 0 Å². The SMILES string of the molecule is CN1CCC(CN(C)c2cc(CCl)ccn2)C1. The van der Waals surface area contributed by atoms with Crippen molar-refractivity contribution in [2.75, 3.05) is 38.6 Å². The van der Waals surface area contributed by atoms with E-state index in [1.165, 1.54) is 19.5 Å². The molecule has 1 aromatic heterocycles. The van der Waals surface area contributed by atoms with E-state index in [9.17, 15) is 0 Å². The predicted octanol–water partition coefficient (Wildman–Crippen LogP) is 2.21. The van der Waals surface area contributed by atoms with E-state index in [0.29, 0.717) is 5.88 Å². The van der Waals surface area contributed by atoms with Crippen molar-refractivity contribution < 1.29 is 0 Å². The third-order valence-corrected chi connectivity index (χ3v) is 3.68. The zero-order valence-corrected chi connectivity index (χ0v) is 11.3. The van der Waals surface area contributed by atoms with Crippen molar-refractivity contribution in [3.63, 3.8) is 0 Å². The molecule has 0 N–H and O–H groups in total. The van der Waals surface area contributed by atoms with Crippen molar-refractivity contribution in [1.82, 2.24) is 9.88 Å². The van der Waals surface area contributed by atoms with Crippen LogP contribution in [0, 0.1) is 5.92 Å². The maximum Gasteiger partial charge on any atom is 0.128 e. The van der Waals surface area contributed by atoms with E-state index in [0.717, 1.165) is 23.8 Å². The summed E-state index contributed by atoms with van der Waals surface area (Å²) in [7, 11) is 4.30. The van der Waals surface area contributed by atoms with Crippen LogP contribution >= 0.6 is 11.6 Å². The van der Waals surface area contributed by atoms with Crippen molar-refractivity contribution in [3.8, 4) is 0 Å². The standard InChI is InChI=1S/C13H20ClN3/c1-16-6-4-12(9-16)10-17(2)13-7-11(8-14)3-5-15-13/h3,5,7,12H,4,6,8-10H2,1-2H3. The Balaban J connectivity index is 1.96. The van der Waals surface area contributed by atoms with E-state index in [2.05, 4.69) is 34.9 Å².